The Kier molecular flexibility index (Phi) is 7.99. The second-order valence-corrected chi connectivity index (χ2v) is 7.67. The third-order valence-electron chi connectivity index (χ3n) is 5.46. The van der Waals surface area contributed by atoms with Crippen molar-refractivity contribution in [2.24, 2.45) is 11.5 Å². The van der Waals surface area contributed by atoms with E-state index in [0.717, 1.165) is 63.0 Å². The first-order valence-corrected chi connectivity index (χ1v) is 10.9. The molecule has 0 heterocycles. The number of ketones is 2. The van der Waals surface area contributed by atoms with E-state index < -0.39 is 0 Å². The van der Waals surface area contributed by atoms with Crippen molar-refractivity contribution in [3.05, 3.63) is 58.7 Å². The number of hydrogen-bond acceptors (Lipinski definition) is 6. The molecule has 160 valence electrons. The molecular weight excluding hydrogens is 376 g/mol. The van der Waals surface area contributed by atoms with Crippen molar-refractivity contribution in [2.45, 2.75) is 38.5 Å². The van der Waals surface area contributed by atoms with Crippen LogP contribution in [0.5, 0.6) is 0 Å². The van der Waals surface area contributed by atoms with Crippen LogP contribution in [-0.4, -0.2) is 37.7 Å². The highest BCUT2D eigenvalue weighted by Crippen LogP contribution is 2.35. The maximum atomic E-state index is 13.5. The molecule has 6 heteroatoms. The van der Waals surface area contributed by atoms with Crippen LogP contribution in [0.2, 0.25) is 0 Å². The van der Waals surface area contributed by atoms with Gasteiger partial charge in [-0.15, -0.1) is 0 Å². The molecule has 0 unspecified atom stereocenters. The van der Waals surface area contributed by atoms with Crippen LogP contribution in [0.3, 0.4) is 0 Å². The maximum Gasteiger partial charge on any atom is 0.198 e. The van der Waals surface area contributed by atoms with Crippen molar-refractivity contribution >= 4 is 22.9 Å². The van der Waals surface area contributed by atoms with Crippen LogP contribution in [0.1, 0.15) is 70.4 Å². The van der Waals surface area contributed by atoms with E-state index >= 15 is 0 Å². The van der Waals surface area contributed by atoms with Gasteiger partial charge in [0, 0.05) is 35.6 Å². The average molecular weight is 409 g/mol. The van der Waals surface area contributed by atoms with Gasteiger partial charge in [0.15, 0.2) is 11.6 Å². The lowest BCUT2D eigenvalue weighted by atomic mass is 9.82. The van der Waals surface area contributed by atoms with E-state index in [-0.39, 0.29) is 11.6 Å². The lowest BCUT2D eigenvalue weighted by Crippen LogP contribution is -2.24. The van der Waals surface area contributed by atoms with Gasteiger partial charge in [0.2, 0.25) is 0 Å². The Morgan fingerprint density at radius 2 is 1.07 bits per heavy atom. The number of unbranched alkanes of at least 4 members (excludes halogenated alkanes) is 4. The summed E-state index contributed by atoms with van der Waals surface area (Å²) in [6.45, 7) is 2.86. The van der Waals surface area contributed by atoms with Gasteiger partial charge >= 0.3 is 0 Å². The molecule has 6 N–H and O–H groups in total. The monoisotopic (exact) mass is 408 g/mol. The number of carbonyl (C=O) groups excluding carboxylic acids is 2. The van der Waals surface area contributed by atoms with E-state index in [0.29, 0.717) is 35.3 Å². The smallest absolute Gasteiger partial charge is 0.198 e. The molecule has 0 atom stereocenters. The second kappa shape index (κ2) is 10.9. The van der Waals surface area contributed by atoms with Crippen LogP contribution in [0.4, 0.5) is 11.4 Å². The van der Waals surface area contributed by atoms with Gasteiger partial charge in [0.05, 0.1) is 11.1 Å². The minimum absolute atomic E-state index is 0.0989. The van der Waals surface area contributed by atoms with Gasteiger partial charge in [-0.2, -0.15) is 0 Å². The molecule has 2 aromatic rings. The SMILES string of the molecule is NCCCCCNc1cccc2c1C(=O)c1c(NCCCCCN)cccc1C2=O. The molecule has 0 saturated carbocycles. The summed E-state index contributed by atoms with van der Waals surface area (Å²) in [5.41, 5.74) is 14.4. The van der Waals surface area contributed by atoms with Crippen molar-refractivity contribution in [1.29, 1.82) is 0 Å². The lowest BCUT2D eigenvalue weighted by molar-refractivity contribution is 0.0980. The van der Waals surface area contributed by atoms with Crippen LogP contribution in [0, 0.1) is 0 Å². The summed E-state index contributed by atoms with van der Waals surface area (Å²) < 4.78 is 0. The fourth-order valence-corrected chi connectivity index (χ4v) is 3.88. The normalized spacial score (nSPS) is 12.5. The summed E-state index contributed by atoms with van der Waals surface area (Å²) in [6, 6.07) is 10.9. The zero-order valence-corrected chi connectivity index (χ0v) is 17.5. The van der Waals surface area contributed by atoms with Gasteiger partial charge in [-0.05, 0) is 50.9 Å². The first-order valence-electron chi connectivity index (χ1n) is 10.9. The Labute approximate surface area is 178 Å². The van der Waals surface area contributed by atoms with Crippen molar-refractivity contribution < 1.29 is 9.59 Å². The number of anilines is 2. The van der Waals surface area contributed by atoms with E-state index in [9.17, 15) is 9.59 Å². The van der Waals surface area contributed by atoms with Crippen molar-refractivity contribution in [1.82, 2.24) is 0 Å². The maximum absolute atomic E-state index is 13.5. The minimum atomic E-state index is -0.102. The minimum Gasteiger partial charge on any atom is -0.384 e. The van der Waals surface area contributed by atoms with Gasteiger partial charge in [-0.3, -0.25) is 9.59 Å². The Balaban J connectivity index is 1.82. The number of rotatable bonds is 12. The highest BCUT2D eigenvalue weighted by atomic mass is 16.1. The molecule has 0 fully saturated rings. The van der Waals surface area contributed by atoms with E-state index in [1.54, 1.807) is 12.1 Å². The fraction of sp³-hybridized carbons (Fsp3) is 0.417. The third kappa shape index (κ3) is 4.89. The van der Waals surface area contributed by atoms with Gasteiger partial charge in [0.1, 0.15) is 0 Å². The Hall–Kier alpha value is -2.70. The van der Waals surface area contributed by atoms with E-state index in [1.165, 1.54) is 0 Å². The fourth-order valence-electron chi connectivity index (χ4n) is 3.88. The largest absolute Gasteiger partial charge is 0.384 e. The molecule has 30 heavy (non-hydrogen) atoms. The number of hydrogen-bond donors (Lipinski definition) is 4. The molecule has 0 saturated heterocycles. The van der Waals surface area contributed by atoms with Crippen molar-refractivity contribution in [3.8, 4) is 0 Å². The summed E-state index contributed by atoms with van der Waals surface area (Å²) in [5, 5.41) is 6.71. The molecule has 2 aromatic carbocycles. The Morgan fingerprint density at radius 3 is 1.50 bits per heavy atom. The third-order valence-corrected chi connectivity index (χ3v) is 5.46. The topological polar surface area (TPSA) is 110 Å². The number of nitrogens with two attached hydrogens (primary N) is 2. The predicted octanol–water partition coefficient (Wildman–Crippen LogP) is 3.54. The lowest BCUT2D eigenvalue weighted by Gasteiger charge is -2.23. The van der Waals surface area contributed by atoms with Crippen LogP contribution < -0.4 is 22.1 Å². The molecule has 0 bridgehead atoms. The Bertz CT molecular complexity index is 825. The molecule has 1 aliphatic carbocycles. The molecule has 0 amide bonds. The van der Waals surface area contributed by atoms with Crippen LogP contribution in [-0.2, 0) is 0 Å². The molecule has 6 nitrogen and oxygen atoms in total. The quantitative estimate of drug-likeness (QED) is 0.341. The van der Waals surface area contributed by atoms with Gasteiger partial charge in [0.25, 0.3) is 0 Å². The number of carbonyl (C=O) groups is 2. The van der Waals surface area contributed by atoms with Crippen LogP contribution in [0.25, 0.3) is 0 Å². The number of nitrogens with one attached hydrogen (secondary N) is 2. The standard InChI is InChI=1S/C24H32N4O2/c25-13-3-1-5-15-27-19-11-7-9-17-21(19)24(30)22-18(23(17)29)10-8-12-20(22)28-16-6-2-4-14-26/h7-12,27-28H,1-6,13-16,25-26H2. The van der Waals surface area contributed by atoms with Crippen LogP contribution >= 0.6 is 0 Å². The van der Waals surface area contributed by atoms with Crippen molar-refractivity contribution in [3.63, 3.8) is 0 Å². The molecule has 1 aliphatic rings. The summed E-state index contributed by atoms with van der Waals surface area (Å²) in [7, 11) is 0. The molecular formula is C24H32N4O2. The van der Waals surface area contributed by atoms with Crippen LogP contribution in [0.15, 0.2) is 36.4 Å². The first-order chi connectivity index (χ1) is 14.7. The predicted molar refractivity (Wildman–Crippen MR) is 123 cm³/mol. The van der Waals surface area contributed by atoms with Gasteiger partial charge in [-0.1, -0.05) is 37.1 Å². The summed E-state index contributed by atoms with van der Waals surface area (Å²) >= 11 is 0. The number of fused-ring (bicyclic) bond motifs is 2. The molecule has 0 spiro atoms. The van der Waals surface area contributed by atoms with Crippen molar-refractivity contribution in [2.75, 3.05) is 36.8 Å². The van der Waals surface area contributed by atoms with E-state index in [4.69, 9.17) is 11.5 Å². The summed E-state index contributed by atoms with van der Waals surface area (Å²) in [4.78, 5) is 26.7. The molecule has 0 radical (unpaired) electrons. The highest BCUT2D eigenvalue weighted by Gasteiger charge is 2.33. The summed E-state index contributed by atoms with van der Waals surface area (Å²) in [5.74, 6) is -0.201. The van der Waals surface area contributed by atoms with Gasteiger partial charge < -0.3 is 22.1 Å². The number of benzene rings is 2. The highest BCUT2D eigenvalue weighted by molar-refractivity contribution is 6.31. The van der Waals surface area contributed by atoms with E-state index in [2.05, 4.69) is 10.6 Å². The second-order valence-electron chi connectivity index (χ2n) is 7.67. The Morgan fingerprint density at radius 1 is 0.600 bits per heavy atom. The average Bonchev–Trinajstić information content (AvgIpc) is 2.77. The first kappa shape index (κ1) is 22.0. The molecule has 3 rings (SSSR count). The molecule has 0 aliphatic heterocycles. The zero-order valence-electron chi connectivity index (χ0n) is 17.5. The molecule has 0 aromatic heterocycles. The van der Waals surface area contributed by atoms with E-state index in [1.807, 2.05) is 24.3 Å². The van der Waals surface area contributed by atoms with Gasteiger partial charge in [-0.25, -0.2) is 0 Å². The summed E-state index contributed by atoms with van der Waals surface area (Å²) in [6.07, 6.45) is 5.97. The zero-order chi connectivity index (χ0) is 21.3.